The third-order valence-electron chi connectivity index (χ3n) is 4.21. The van der Waals surface area contributed by atoms with E-state index >= 15 is 0 Å². The van der Waals surface area contributed by atoms with Crippen molar-refractivity contribution in [3.63, 3.8) is 0 Å². The summed E-state index contributed by atoms with van der Waals surface area (Å²) in [6, 6.07) is 8.58. The Bertz CT molecular complexity index is 466. The maximum atomic E-state index is 5.55. The molecule has 0 radical (unpaired) electrons. The molecule has 0 saturated heterocycles. The van der Waals surface area contributed by atoms with Crippen LogP contribution in [0, 0.1) is 11.8 Å². The molecule has 0 fully saturated rings. The summed E-state index contributed by atoms with van der Waals surface area (Å²) < 4.78 is 5.55. The van der Waals surface area contributed by atoms with E-state index in [2.05, 4.69) is 49.5 Å². The zero-order valence-electron chi connectivity index (χ0n) is 13.7. The fourth-order valence-corrected chi connectivity index (χ4v) is 3.34. The van der Waals surface area contributed by atoms with Crippen molar-refractivity contribution >= 4 is 0 Å². The van der Waals surface area contributed by atoms with Gasteiger partial charge in [0.05, 0.1) is 6.61 Å². The van der Waals surface area contributed by atoms with E-state index in [0.29, 0.717) is 0 Å². The largest absolute Gasteiger partial charge is 0.377 e. The Morgan fingerprint density at radius 1 is 1.24 bits per heavy atom. The molecule has 2 atom stereocenters. The highest BCUT2D eigenvalue weighted by atomic mass is 16.5. The maximum absolute atomic E-state index is 5.55. The van der Waals surface area contributed by atoms with Gasteiger partial charge in [0, 0.05) is 13.2 Å². The molecular formula is C19H29NO. The lowest BCUT2D eigenvalue weighted by atomic mass is 9.84. The second-order valence-electron chi connectivity index (χ2n) is 6.33. The van der Waals surface area contributed by atoms with Crippen LogP contribution in [-0.4, -0.2) is 13.2 Å². The summed E-state index contributed by atoms with van der Waals surface area (Å²) in [5.41, 5.74) is 4.22. The molecule has 1 aromatic rings. The molecule has 0 spiro atoms. The molecule has 0 saturated carbocycles. The first kappa shape index (κ1) is 16.3. The summed E-state index contributed by atoms with van der Waals surface area (Å²) in [6.07, 6.45) is 4.98. The highest BCUT2D eigenvalue weighted by molar-refractivity contribution is 5.26. The lowest BCUT2D eigenvalue weighted by molar-refractivity contribution is 0.133. The molecule has 2 nitrogen and oxygen atoms in total. The minimum absolute atomic E-state index is 0.719. The fraction of sp³-hybridized carbons (Fsp3) is 0.579. The maximum Gasteiger partial charge on any atom is 0.0719 e. The smallest absolute Gasteiger partial charge is 0.0719 e. The van der Waals surface area contributed by atoms with Crippen molar-refractivity contribution < 1.29 is 4.74 Å². The third kappa shape index (κ3) is 5.29. The average Bonchev–Trinajstić information content (AvgIpc) is 2.45. The minimum Gasteiger partial charge on any atom is -0.377 e. The van der Waals surface area contributed by atoms with Gasteiger partial charge in [0.25, 0.3) is 0 Å². The summed E-state index contributed by atoms with van der Waals surface area (Å²) in [7, 11) is 0. The molecule has 0 heterocycles. The van der Waals surface area contributed by atoms with Crippen LogP contribution < -0.4 is 5.32 Å². The van der Waals surface area contributed by atoms with Gasteiger partial charge in [-0.3, -0.25) is 0 Å². The molecule has 21 heavy (non-hydrogen) atoms. The van der Waals surface area contributed by atoms with E-state index in [1.165, 1.54) is 24.0 Å². The quantitative estimate of drug-likeness (QED) is 0.755. The van der Waals surface area contributed by atoms with E-state index in [4.69, 9.17) is 4.74 Å². The van der Waals surface area contributed by atoms with Crippen molar-refractivity contribution in [3.8, 4) is 0 Å². The summed E-state index contributed by atoms with van der Waals surface area (Å²) in [5, 5.41) is 3.65. The molecule has 1 aromatic carbocycles. The van der Waals surface area contributed by atoms with Gasteiger partial charge in [-0.1, -0.05) is 42.8 Å². The predicted octanol–water partition coefficient (Wildman–Crippen LogP) is 4.31. The van der Waals surface area contributed by atoms with Gasteiger partial charge in [0.2, 0.25) is 0 Å². The second-order valence-corrected chi connectivity index (χ2v) is 6.33. The van der Waals surface area contributed by atoms with Crippen LogP contribution in [0.5, 0.6) is 0 Å². The van der Waals surface area contributed by atoms with Crippen LogP contribution in [0.4, 0.5) is 0 Å². The Balaban J connectivity index is 1.82. The summed E-state index contributed by atoms with van der Waals surface area (Å²) in [5.74, 6) is 1.51. The number of hydrogen-bond acceptors (Lipinski definition) is 2. The van der Waals surface area contributed by atoms with Crippen LogP contribution in [-0.2, 0) is 17.9 Å². The Morgan fingerprint density at radius 2 is 2.00 bits per heavy atom. The molecule has 2 rings (SSSR count). The van der Waals surface area contributed by atoms with Gasteiger partial charge in [-0.15, -0.1) is 0 Å². The Morgan fingerprint density at radius 3 is 2.71 bits per heavy atom. The topological polar surface area (TPSA) is 21.3 Å². The highest BCUT2D eigenvalue weighted by Gasteiger charge is 2.17. The molecule has 116 valence electrons. The molecule has 0 bridgehead atoms. The monoisotopic (exact) mass is 287 g/mol. The van der Waals surface area contributed by atoms with E-state index in [1.54, 1.807) is 5.57 Å². The molecule has 1 aliphatic rings. The number of rotatable bonds is 7. The van der Waals surface area contributed by atoms with Gasteiger partial charge in [-0.25, -0.2) is 0 Å². The molecule has 2 unspecified atom stereocenters. The first-order valence-electron chi connectivity index (χ1n) is 8.21. The van der Waals surface area contributed by atoms with Gasteiger partial charge >= 0.3 is 0 Å². The van der Waals surface area contributed by atoms with Crippen LogP contribution >= 0.6 is 0 Å². The zero-order valence-corrected chi connectivity index (χ0v) is 13.7. The Kier molecular flexibility index (Phi) is 6.47. The molecule has 1 N–H and O–H groups in total. The van der Waals surface area contributed by atoms with Crippen molar-refractivity contribution in [2.24, 2.45) is 11.8 Å². The summed E-state index contributed by atoms with van der Waals surface area (Å²) in [4.78, 5) is 0. The number of allylic oxidation sites excluding steroid dienone is 2. The zero-order chi connectivity index (χ0) is 15.1. The van der Waals surface area contributed by atoms with Crippen molar-refractivity contribution in [1.82, 2.24) is 5.32 Å². The molecule has 2 heteroatoms. The van der Waals surface area contributed by atoms with Crippen LogP contribution in [0.1, 0.15) is 44.7 Å². The second kappa shape index (κ2) is 8.35. The van der Waals surface area contributed by atoms with Crippen LogP contribution in [0.3, 0.4) is 0 Å². The number of nitrogens with one attached hydrogen (secondary N) is 1. The van der Waals surface area contributed by atoms with Crippen LogP contribution in [0.15, 0.2) is 35.9 Å². The minimum atomic E-state index is 0.719. The van der Waals surface area contributed by atoms with Gasteiger partial charge in [0.1, 0.15) is 0 Å². The molecule has 1 aliphatic carbocycles. The standard InChI is InChI=1S/C19H29NO/c1-4-21-14-19-8-6-5-7-18(19)13-20-12-17-10-15(2)9-16(3)11-17/h5-9,15,17,20H,4,10-14H2,1-3H3. The van der Waals surface area contributed by atoms with Gasteiger partial charge in [-0.05, 0) is 56.2 Å². The Labute approximate surface area is 129 Å². The molecule has 0 aromatic heterocycles. The van der Waals surface area contributed by atoms with Gasteiger partial charge in [0.15, 0.2) is 0 Å². The third-order valence-corrected chi connectivity index (χ3v) is 4.21. The van der Waals surface area contributed by atoms with Gasteiger partial charge in [-0.2, -0.15) is 0 Å². The van der Waals surface area contributed by atoms with Crippen molar-refractivity contribution in [1.29, 1.82) is 0 Å². The van der Waals surface area contributed by atoms with Crippen molar-refractivity contribution in [2.75, 3.05) is 13.2 Å². The van der Waals surface area contributed by atoms with Crippen LogP contribution in [0.25, 0.3) is 0 Å². The van der Waals surface area contributed by atoms with E-state index in [9.17, 15) is 0 Å². The van der Waals surface area contributed by atoms with E-state index < -0.39 is 0 Å². The van der Waals surface area contributed by atoms with Gasteiger partial charge < -0.3 is 10.1 Å². The van der Waals surface area contributed by atoms with Crippen molar-refractivity contribution in [2.45, 2.75) is 46.8 Å². The molecule has 0 aliphatic heterocycles. The SMILES string of the molecule is CCOCc1ccccc1CNCC1CC(C)=CC(C)C1. The highest BCUT2D eigenvalue weighted by Crippen LogP contribution is 2.27. The molecular weight excluding hydrogens is 258 g/mol. The summed E-state index contributed by atoms with van der Waals surface area (Å²) in [6.45, 7) is 10.2. The first-order chi connectivity index (χ1) is 10.2. The predicted molar refractivity (Wildman–Crippen MR) is 89.1 cm³/mol. The lowest BCUT2D eigenvalue weighted by Gasteiger charge is -2.25. The average molecular weight is 287 g/mol. The Hall–Kier alpha value is -1.12. The van der Waals surface area contributed by atoms with E-state index in [1.807, 2.05) is 6.92 Å². The van der Waals surface area contributed by atoms with E-state index in [-0.39, 0.29) is 0 Å². The normalized spacial score (nSPS) is 22.1. The number of hydrogen-bond donors (Lipinski definition) is 1. The van der Waals surface area contributed by atoms with Crippen LogP contribution in [0.2, 0.25) is 0 Å². The lowest BCUT2D eigenvalue weighted by Crippen LogP contribution is -2.26. The fourth-order valence-electron chi connectivity index (χ4n) is 3.34. The number of ether oxygens (including phenoxy) is 1. The first-order valence-corrected chi connectivity index (χ1v) is 8.21. The summed E-state index contributed by atoms with van der Waals surface area (Å²) >= 11 is 0. The van der Waals surface area contributed by atoms with E-state index in [0.717, 1.165) is 38.1 Å². The number of benzene rings is 1. The molecule has 0 amide bonds. The van der Waals surface area contributed by atoms with Crippen molar-refractivity contribution in [3.05, 3.63) is 47.0 Å².